The van der Waals surface area contributed by atoms with Gasteiger partial charge in [0.25, 0.3) is 0 Å². The number of pyridine rings is 1. The van der Waals surface area contributed by atoms with E-state index < -0.39 is 23.6 Å². The largest absolute Gasteiger partial charge is 0.506 e. The number of hydrogen-bond donors (Lipinski definition) is 6. The van der Waals surface area contributed by atoms with E-state index in [9.17, 15) is 29.3 Å². The summed E-state index contributed by atoms with van der Waals surface area (Å²) in [7, 11) is 0. The standard InChI is InChI=1S/C41H43FN4O6/c42-31-8-2-6-29(21-31)41(45-40(50)51,35-24-46-18-15-28(35)16-19-46)30-7-3-9-32(22-30)52-25-27-5-1-4-26(20-27)14-17-43-23-37(48)33-10-12-36(47)39-34(33)11-13-38(49)44-39/h1-13,20-22,28,35,37,43,45,47-48H,14-19,23-25H2,(H,44,49)(H,50,51)/t35-,37?,41?/m0/s1. The number of H-pyrrole nitrogens is 1. The van der Waals surface area contributed by atoms with E-state index in [1.807, 2.05) is 48.5 Å². The normalized spacial score (nSPS) is 19.9. The van der Waals surface area contributed by atoms with Crippen LogP contribution >= 0.6 is 0 Å². The fourth-order valence-electron chi connectivity index (χ4n) is 8.19. The van der Waals surface area contributed by atoms with Crippen molar-refractivity contribution in [1.29, 1.82) is 0 Å². The van der Waals surface area contributed by atoms with Gasteiger partial charge in [0.1, 0.15) is 23.9 Å². The Balaban J connectivity index is 1.03. The average molecular weight is 707 g/mol. The van der Waals surface area contributed by atoms with Crippen LogP contribution in [0.3, 0.4) is 0 Å². The number of benzene rings is 4. The number of aliphatic hydroxyl groups excluding tert-OH is 1. The molecule has 0 saturated carbocycles. The minimum absolute atomic E-state index is 0.0511. The van der Waals surface area contributed by atoms with Gasteiger partial charge in [0, 0.05) is 30.5 Å². The second-order valence-corrected chi connectivity index (χ2v) is 13.9. The zero-order valence-electron chi connectivity index (χ0n) is 28.7. The molecule has 3 aliphatic rings. The summed E-state index contributed by atoms with van der Waals surface area (Å²) in [5.74, 6) is 0.298. The molecule has 270 valence electrons. The van der Waals surface area contributed by atoms with Crippen molar-refractivity contribution in [3.63, 3.8) is 0 Å². The summed E-state index contributed by atoms with van der Waals surface area (Å²) in [6.45, 7) is 3.85. The van der Waals surface area contributed by atoms with Gasteiger partial charge in [0.2, 0.25) is 5.56 Å². The SMILES string of the molecule is O=C(O)NC(c1cccc(F)c1)(c1cccc(OCc2cccc(CCNCC(O)c3ccc(O)c4[nH]c(=O)ccc34)c2)c1)[C@H]1CN2CCC1CC2. The first-order valence-corrected chi connectivity index (χ1v) is 17.7. The molecule has 0 spiro atoms. The number of aromatic nitrogens is 1. The van der Waals surface area contributed by atoms with Crippen molar-refractivity contribution in [1.82, 2.24) is 20.5 Å². The van der Waals surface area contributed by atoms with Crippen LogP contribution in [0.5, 0.6) is 11.5 Å². The maximum Gasteiger partial charge on any atom is 0.405 e. The van der Waals surface area contributed by atoms with Crippen molar-refractivity contribution >= 4 is 17.0 Å². The highest BCUT2D eigenvalue weighted by Gasteiger charge is 2.51. The quantitative estimate of drug-likeness (QED) is 0.0859. The van der Waals surface area contributed by atoms with Crippen molar-refractivity contribution in [2.75, 3.05) is 32.7 Å². The Morgan fingerprint density at radius 1 is 0.962 bits per heavy atom. The first-order valence-electron chi connectivity index (χ1n) is 17.7. The summed E-state index contributed by atoms with van der Waals surface area (Å²) in [5, 5.41) is 38.0. The summed E-state index contributed by atoms with van der Waals surface area (Å²) in [6, 6.07) is 27.9. The number of hydrogen-bond acceptors (Lipinski definition) is 7. The molecule has 5 aromatic rings. The van der Waals surface area contributed by atoms with Gasteiger partial charge < -0.3 is 40.6 Å². The molecule has 52 heavy (non-hydrogen) atoms. The van der Waals surface area contributed by atoms with Crippen LogP contribution in [0.4, 0.5) is 9.18 Å². The highest BCUT2D eigenvalue weighted by molar-refractivity contribution is 5.87. The number of nitrogens with one attached hydrogen (secondary N) is 3. The molecular formula is C41H43FN4O6. The van der Waals surface area contributed by atoms with Gasteiger partial charge in [0.15, 0.2) is 0 Å². The van der Waals surface area contributed by atoms with Gasteiger partial charge in [-0.25, -0.2) is 9.18 Å². The zero-order valence-corrected chi connectivity index (χ0v) is 28.7. The summed E-state index contributed by atoms with van der Waals surface area (Å²) < 4.78 is 21.1. The molecule has 0 aliphatic carbocycles. The number of halogens is 1. The Hall–Kier alpha value is -5.23. The molecule has 10 nitrogen and oxygen atoms in total. The van der Waals surface area contributed by atoms with Crippen molar-refractivity contribution in [2.24, 2.45) is 11.8 Å². The van der Waals surface area contributed by atoms with Crippen molar-refractivity contribution in [2.45, 2.75) is 37.5 Å². The van der Waals surface area contributed by atoms with Gasteiger partial charge in [0.05, 0.1) is 17.2 Å². The maximum absolute atomic E-state index is 14.8. The molecule has 1 amide bonds. The first-order chi connectivity index (χ1) is 25.2. The van der Waals surface area contributed by atoms with Gasteiger partial charge in [-0.2, -0.15) is 0 Å². The minimum Gasteiger partial charge on any atom is -0.506 e. The maximum atomic E-state index is 14.8. The van der Waals surface area contributed by atoms with Crippen LogP contribution in [-0.2, 0) is 18.6 Å². The van der Waals surface area contributed by atoms with Crippen molar-refractivity contribution in [3.05, 3.63) is 141 Å². The van der Waals surface area contributed by atoms with E-state index in [1.54, 1.807) is 18.2 Å². The number of phenolic OH excluding ortho intramolecular Hbond substituents is 1. The van der Waals surface area contributed by atoms with Crippen molar-refractivity contribution in [3.8, 4) is 11.5 Å². The number of nitrogens with zero attached hydrogens (tertiary/aromatic N) is 1. The summed E-state index contributed by atoms with van der Waals surface area (Å²) in [5.41, 5.74) is 2.74. The van der Waals surface area contributed by atoms with E-state index in [4.69, 9.17) is 4.74 Å². The second-order valence-electron chi connectivity index (χ2n) is 13.9. The lowest BCUT2D eigenvalue weighted by molar-refractivity contribution is 0.00708. The van der Waals surface area contributed by atoms with Crippen LogP contribution in [0.25, 0.3) is 10.9 Å². The fraction of sp³-hybridized carbons (Fsp3) is 0.317. The number of piperidine rings is 3. The lowest BCUT2D eigenvalue weighted by Gasteiger charge is -2.53. The monoisotopic (exact) mass is 706 g/mol. The second kappa shape index (κ2) is 15.2. The Labute approximate surface area is 300 Å². The molecule has 4 heterocycles. The third kappa shape index (κ3) is 7.38. The van der Waals surface area contributed by atoms with E-state index in [1.165, 1.54) is 24.3 Å². The van der Waals surface area contributed by atoms with Gasteiger partial charge in [-0.05, 0) is 109 Å². The Bertz CT molecular complexity index is 2120. The molecule has 2 unspecified atom stereocenters. The molecule has 8 rings (SSSR count). The van der Waals surface area contributed by atoms with E-state index >= 15 is 0 Å². The highest BCUT2D eigenvalue weighted by atomic mass is 19.1. The lowest BCUT2D eigenvalue weighted by atomic mass is 9.63. The summed E-state index contributed by atoms with van der Waals surface area (Å²) in [6.07, 6.45) is 0.616. The molecule has 3 fully saturated rings. The molecule has 1 aromatic heterocycles. The van der Waals surface area contributed by atoms with Crippen LogP contribution in [0.2, 0.25) is 0 Å². The summed E-state index contributed by atoms with van der Waals surface area (Å²) >= 11 is 0. The van der Waals surface area contributed by atoms with Crippen LogP contribution in [0.1, 0.15) is 46.8 Å². The predicted octanol–water partition coefficient (Wildman–Crippen LogP) is 5.67. The number of carboxylic acid groups (broad SMARTS) is 1. The van der Waals surface area contributed by atoms with Crippen LogP contribution in [0.15, 0.2) is 102 Å². The van der Waals surface area contributed by atoms with Gasteiger partial charge in [-0.1, -0.05) is 54.6 Å². The number of ether oxygens (including phenoxy) is 1. The van der Waals surface area contributed by atoms with E-state index in [2.05, 4.69) is 26.6 Å². The molecule has 6 N–H and O–H groups in total. The van der Waals surface area contributed by atoms with Crippen LogP contribution in [0, 0.1) is 17.7 Å². The lowest BCUT2D eigenvalue weighted by Crippen LogP contribution is -2.61. The number of aromatic hydroxyl groups is 1. The molecule has 0 radical (unpaired) electrons. The molecule has 2 bridgehead atoms. The van der Waals surface area contributed by atoms with Gasteiger partial charge >= 0.3 is 6.09 Å². The molecular weight excluding hydrogens is 663 g/mol. The first kappa shape index (κ1) is 35.2. The number of aromatic amines is 1. The number of carbonyl (C=O) groups is 1. The third-order valence-corrected chi connectivity index (χ3v) is 10.7. The topological polar surface area (TPSA) is 147 Å². The van der Waals surface area contributed by atoms with E-state index in [0.717, 1.165) is 37.1 Å². The Morgan fingerprint density at radius 2 is 1.71 bits per heavy atom. The molecule has 3 aliphatic heterocycles. The minimum atomic E-state index is -1.17. The molecule has 3 saturated heterocycles. The number of fused-ring (bicyclic) bond motifs is 4. The molecule has 4 aromatic carbocycles. The third-order valence-electron chi connectivity index (χ3n) is 10.7. The van der Waals surface area contributed by atoms with Crippen molar-refractivity contribution < 1.29 is 29.2 Å². The predicted molar refractivity (Wildman–Crippen MR) is 196 cm³/mol. The summed E-state index contributed by atoms with van der Waals surface area (Å²) in [4.78, 5) is 29.2. The smallest absolute Gasteiger partial charge is 0.405 e. The number of amides is 1. The van der Waals surface area contributed by atoms with Gasteiger partial charge in [-0.3, -0.25) is 4.79 Å². The van der Waals surface area contributed by atoms with E-state index in [-0.39, 0.29) is 29.7 Å². The Morgan fingerprint density at radius 3 is 2.46 bits per heavy atom. The highest BCUT2D eigenvalue weighted by Crippen LogP contribution is 2.48. The zero-order chi connectivity index (χ0) is 36.2. The average Bonchev–Trinajstić information content (AvgIpc) is 3.15. The number of rotatable bonds is 13. The van der Waals surface area contributed by atoms with Crippen LogP contribution < -0.4 is 20.9 Å². The molecule has 3 atom stereocenters. The van der Waals surface area contributed by atoms with E-state index in [0.29, 0.717) is 59.5 Å². The van der Waals surface area contributed by atoms with Gasteiger partial charge in [-0.15, -0.1) is 0 Å². The van der Waals surface area contributed by atoms with Crippen LogP contribution in [-0.4, -0.2) is 64.0 Å². The number of phenols is 1. The number of aliphatic hydroxyl groups is 1. The fourth-order valence-corrected chi connectivity index (χ4v) is 8.19. The molecule has 11 heteroatoms. The Kier molecular flexibility index (Phi) is 10.3.